The van der Waals surface area contributed by atoms with Crippen molar-refractivity contribution in [2.75, 3.05) is 62.8 Å². The second-order valence-electron chi connectivity index (χ2n) is 9.62. The standard InChI is InChI=1S/C24H31N7O2S/c1-29-8-6-19-21(15-29)34-24(25-19)22(32)16-3-2-7-31(14-16)23-18-5-4-17(13-20(18)26-28-27-23)30-9-11-33-12-10-30/h4-5,13,16,22,32H,2-3,6-12,14-15H2,1H3. The van der Waals surface area contributed by atoms with E-state index in [-0.39, 0.29) is 5.92 Å². The van der Waals surface area contributed by atoms with Crippen LogP contribution >= 0.6 is 11.3 Å². The molecule has 1 aromatic carbocycles. The Hall–Kier alpha value is -2.40. The third kappa shape index (κ3) is 4.24. The fourth-order valence-corrected chi connectivity index (χ4v) is 6.61. The van der Waals surface area contributed by atoms with E-state index in [1.54, 1.807) is 11.3 Å². The minimum absolute atomic E-state index is 0.122. The van der Waals surface area contributed by atoms with Crippen molar-refractivity contribution in [3.05, 3.63) is 33.8 Å². The maximum Gasteiger partial charge on any atom is 0.162 e. The topological polar surface area (TPSA) is 90.7 Å². The van der Waals surface area contributed by atoms with Gasteiger partial charge in [-0.3, -0.25) is 0 Å². The van der Waals surface area contributed by atoms with Crippen LogP contribution < -0.4 is 9.80 Å². The van der Waals surface area contributed by atoms with E-state index in [2.05, 4.69) is 55.4 Å². The summed E-state index contributed by atoms with van der Waals surface area (Å²) >= 11 is 1.68. The molecule has 2 saturated heterocycles. The average molecular weight is 482 g/mol. The molecule has 2 aromatic heterocycles. The van der Waals surface area contributed by atoms with E-state index >= 15 is 0 Å². The highest BCUT2D eigenvalue weighted by Crippen LogP contribution is 2.37. The smallest absolute Gasteiger partial charge is 0.162 e. The number of piperidine rings is 1. The Bertz CT molecular complexity index is 1170. The highest BCUT2D eigenvalue weighted by molar-refractivity contribution is 7.11. The van der Waals surface area contributed by atoms with E-state index in [1.165, 1.54) is 10.6 Å². The van der Waals surface area contributed by atoms with E-state index < -0.39 is 6.10 Å². The van der Waals surface area contributed by atoms with Crippen molar-refractivity contribution in [1.82, 2.24) is 25.3 Å². The van der Waals surface area contributed by atoms with Crippen molar-refractivity contribution >= 4 is 33.7 Å². The molecule has 2 unspecified atom stereocenters. The van der Waals surface area contributed by atoms with E-state index in [1.807, 2.05) is 0 Å². The normalized spacial score (nSPS) is 22.7. The molecule has 10 heteroatoms. The molecule has 3 aromatic rings. The van der Waals surface area contributed by atoms with Crippen molar-refractivity contribution in [2.45, 2.75) is 31.9 Å². The average Bonchev–Trinajstić information content (AvgIpc) is 3.31. The first-order valence-corrected chi connectivity index (χ1v) is 13.0. The predicted octanol–water partition coefficient (Wildman–Crippen LogP) is 2.26. The number of aliphatic hydroxyl groups excluding tert-OH is 1. The minimum atomic E-state index is -0.544. The first kappa shape index (κ1) is 22.1. The number of aliphatic hydroxyl groups is 1. The van der Waals surface area contributed by atoms with Crippen LogP contribution in [0.2, 0.25) is 0 Å². The molecule has 3 aliphatic heterocycles. The summed E-state index contributed by atoms with van der Waals surface area (Å²) in [6, 6.07) is 6.36. The van der Waals surface area contributed by atoms with Gasteiger partial charge in [-0.15, -0.1) is 21.5 Å². The summed E-state index contributed by atoms with van der Waals surface area (Å²) in [7, 11) is 2.14. The second kappa shape index (κ2) is 9.33. The fraction of sp³-hybridized carbons (Fsp3) is 0.583. The highest BCUT2D eigenvalue weighted by Gasteiger charge is 2.32. The number of nitrogens with zero attached hydrogens (tertiary/aromatic N) is 7. The summed E-state index contributed by atoms with van der Waals surface area (Å²) in [5.74, 6) is 0.979. The van der Waals surface area contributed by atoms with Crippen molar-refractivity contribution in [3.63, 3.8) is 0 Å². The minimum Gasteiger partial charge on any atom is -0.386 e. The Morgan fingerprint density at radius 2 is 2.00 bits per heavy atom. The summed E-state index contributed by atoms with van der Waals surface area (Å²) in [5.41, 5.74) is 3.17. The number of hydrogen-bond donors (Lipinski definition) is 1. The Morgan fingerprint density at radius 1 is 1.12 bits per heavy atom. The number of rotatable bonds is 4. The van der Waals surface area contributed by atoms with E-state index in [4.69, 9.17) is 9.72 Å². The van der Waals surface area contributed by atoms with Gasteiger partial charge in [-0.05, 0) is 43.3 Å². The lowest BCUT2D eigenvalue weighted by molar-refractivity contribution is 0.0975. The first-order chi connectivity index (χ1) is 16.7. The molecule has 0 radical (unpaired) electrons. The highest BCUT2D eigenvalue weighted by atomic mass is 32.1. The first-order valence-electron chi connectivity index (χ1n) is 12.2. The summed E-state index contributed by atoms with van der Waals surface area (Å²) in [4.78, 5) is 13.0. The molecular weight excluding hydrogens is 450 g/mol. The summed E-state index contributed by atoms with van der Waals surface area (Å²) in [6.45, 7) is 6.89. The number of likely N-dealkylation sites (N-methyl/N-ethyl adjacent to an activating group) is 1. The third-order valence-electron chi connectivity index (χ3n) is 7.29. The fourth-order valence-electron chi connectivity index (χ4n) is 5.34. The van der Waals surface area contributed by atoms with Crippen LogP contribution in [0.5, 0.6) is 0 Å². The van der Waals surface area contributed by atoms with E-state index in [0.717, 1.165) is 99.2 Å². The van der Waals surface area contributed by atoms with Crippen molar-refractivity contribution < 1.29 is 9.84 Å². The van der Waals surface area contributed by atoms with Gasteiger partial charge in [0.15, 0.2) is 5.82 Å². The van der Waals surface area contributed by atoms with Gasteiger partial charge in [0, 0.05) is 67.6 Å². The van der Waals surface area contributed by atoms with E-state index in [9.17, 15) is 5.11 Å². The molecule has 180 valence electrons. The number of benzene rings is 1. The summed E-state index contributed by atoms with van der Waals surface area (Å²) < 4.78 is 5.48. The molecule has 34 heavy (non-hydrogen) atoms. The van der Waals surface area contributed by atoms with Crippen LogP contribution in [0.4, 0.5) is 11.5 Å². The summed E-state index contributed by atoms with van der Waals surface area (Å²) in [6.07, 6.45) is 2.42. The largest absolute Gasteiger partial charge is 0.386 e. The Labute approximate surface area is 203 Å². The zero-order valence-electron chi connectivity index (χ0n) is 19.6. The van der Waals surface area contributed by atoms with Crippen LogP contribution in [-0.4, -0.2) is 83.4 Å². The van der Waals surface area contributed by atoms with Gasteiger partial charge >= 0.3 is 0 Å². The maximum atomic E-state index is 11.3. The van der Waals surface area contributed by atoms with Gasteiger partial charge in [0.2, 0.25) is 0 Å². The molecule has 0 saturated carbocycles. The molecule has 9 nitrogen and oxygen atoms in total. The van der Waals surface area contributed by atoms with Crippen LogP contribution in [0.1, 0.15) is 34.5 Å². The van der Waals surface area contributed by atoms with Gasteiger partial charge in [0.05, 0.1) is 18.9 Å². The second-order valence-corrected chi connectivity index (χ2v) is 10.7. The molecule has 0 bridgehead atoms. The maximum absolute atomic E-state index is 11.3. The lowest BCUT2D eigenvalue weighted by Gasteiger charge is -2.35. The zero-order chi connectivity index (χ0) is 23.1. The van der Waals surface area contributed by atoms with Crippen molar-refractivity contribution in [3.8, 4) is 0 Å². The Kier molecular flexibility index (Phi) is 6.06. The van der Waals surface area contributed by atoms with Crippen molar-refractivity contribution in [1.29, 1.82) is 0 Å². The van der Waals surface area contributed by atoms with E-state index in [0.29, 0.717) is 0 Å². The van der Waals surface area contributed by atoms with Gasteiger partial charge in [0.25, 0.3) is 0 Å². The van der Waals surface area contributed by atoms with Crippen LogP contribution in [0.3, 0.4) is 0 Å². The van der Waals surface area contributed by atoms with Crippen LogP contribution in [0.25, 0.3) is 10.9 Å². The Balaban J connectivity index is 1.22. The van der Waals surface area contributed by atoms with Gasteiger partial charge in [-0.25, -0.2) is 4.98 Å². The molecule has 5 heterocycles. The number of anilines is 2. The molecule has 0 spiro atoms. The number of ether oxygens (including phenoxy) is 1. The molecule has 3 aliphatic rings. The lowest BCUT2D eigenvalue weighted by atomic mass is 9.92. The number of thiazole rings is 1. The molecule has 2 fully saturated rings. The number of hydrogen-bond acceptors (Lipinski definition) is 10. The number of aromatic nitrogens is 4. The number of morpholine rings is 1. The van der Waals surface area contributed by atoms with Crippen molar-refractivity contribution in [2.24, 2.45) is 5.92 Å². The van der Waals surface area contributed by atoms with Gasteiger partial charge < -0.3 is 24.5 Å². The SMILES string of the molecule is CN1CCc2nc(C(O)C3CCCN(c4nnnc5cc(N6CCOCC6)ccc45)C3)sc2C1. The summed E-state index contributed by atoms with van der Waals surface area (Å²) in [5, 5.41) is 26.0. The van der Waals surface area contributed by atoms with Gasteiger partial charge in [0.1, 0.15) is 16.6 Å². The molecule has 2 atom stereocenters. The van der Waals surface area contributed by atoms with Gasteiger partial charge in [-0.2, -0.15) is 0 Å². The molecule has 1 N–H and O–H groups in total. The molecule has 6 rings (SSSR count). The zero-order valence-corrected chi connectivity index (χ0v) is 20.4. The quantitative estimate of drug-likeness (QED) is 0.602. The molecule has 0 aliphatic carbocycles. The molecule has 0 amide bonds. The lowest BCUT2D eigenvalue weighted by Crippen LogP contribution is -2.38. The van der Waals surface area contributed by atoms with Crippen LogP contribution in [0, 0.1) is 5.92 Å². The predicted molar refractivity (Wildman–Crippen MR) is 132 cm³/mol. The third-order valence-corrected chi connectivity index (χ3v) is 8.44. The van der Waals surface area contributed by atoms with Crippen LogP contribution in [-0.2, 0) is 17.7 Å². The van der Waals surface area contributed by atoms with Gasteiger partial charge in [-0.1, -0.05) is 0 Å². The molecular formula is C24H31N7O2S. The Morgan fingerprint density at radius 3 is 2.88 bits per heavy atom. The number of fused-ring (bicyclic) bond motifs is 2. The monoisotopic (exact) mass is 481 g/mol. The van der Waals surface area contributed by atoms with Crippen LogP contribution in [0.15, 0.2) is 18.2 Å².